The van der Waals surface area contributed by atoms with Crippen molar-refractivity contribution >= 4 is 21.9 Å². The Bertz CT molecular complexity index is 866. The third-order valence-electron chi connectivity index (χ3n) is 4.35. The number of allylic oxidation sites excluding steroid dienone is 2. The molecule has 0 unspecified atom stereocenters. The molecule has 0 heterocycles. The van der Waals surface area contributed by atoms with Crippen LogP contribution < -0.4 is 0 Å². The number of carbonyl (C=O) groups excluding carboxylic acids is 1. The maximum Gasteiger partial charge on any atom is 0.338 e. The quantitative estimate of drug-likeness (QED) is 0.411. The zero-order chi connectivity index (χ0) is 20.9. The molecule has 0 aromatic heterocycles. The molecule has 1 aromatic rings. The highest BCUT2D eigenvalue weighted by Gasteiger charge is 2.43. The van der Waals surface area contributed by atoms with E-state index in [4.69, 9.17) is 4.74 Å². The first-order valence-electron chi connectivity index (χ1n) is 9.00. The molecule has 0 fully saturated rings. The minimum Gasteiger partial charge on any atom is -0.454 e. The molecule has 2 N–H and O–H groups in total. The molecule has 1 aliphatic rings. The molecular weight excluding hydrogens is 420 g/mol. The van der Waals surface area contributed by atoms with Crippen molar-refractivity contribution in [3.05, 3.63) is 69.8 Å². The Labute approximate surface area is 174 Å². The number of carbonyl (C=O) groups is 1. The molecular formula is C23H25BrO4. The first-order chi connectivity index (χ1) is 13.1. The van der Waals surface area contributed by atoms with Gasteiger partial charge in [0.05, 0.1) is 5.56 Å². The van der Waals surface area contributed by atoms with Crippen LogP contribution in [0, 0.1) is 11.8 Å². The zero-order valence-electron chi connectivity index (χ0n) is 16.3. The number of benzene rings is 1. The second kappa shape index (κ2) is 9.38. The second-order valence-corrected chi connectivity index (χ2v) is 8.21. The topological polar surface area (TPSA) is 66.8 Å². The van der Waals surface area contributed by atoms with E-state index >= 15 is 0 Å². The minimum absolute atomic E-state index is 0.0818. The molecule has 0 saturated carbocycles. The summed E-state index contributed by atoms with van der Waals surface area (Å²) < 4.78 is 6.45. The summed E-state index contributed by atoms with van der Waals surface area (Å²) in [5.41, 5.74) is 0.913. The summed E-state index contributed by atoms with van der Waals surface area (Å²) in [5.74, 6) is 5.16. The monoisotopic (exact) mass is 444 g/mol. The zero-order valence-corrected chi connectivity index (χ0v) is 17.9. The summed E-state index contributed by atoms with van der Waals surface area (Å²) >= 11 is 3.33. The van der Waals surface area contributed by atoms with Crippen LogP contribution in [0.2, 0.25) is 0 Å². The predicted molar refractivity (Wildman–Crippen MR) is 114 cm³/mol. The van der Waals surface area contributed by atoms with Crippen LogP contribution in [0.3, 0.4) is 0 Å². The SMILES string of the molecule is C=C(C)C#CC1=C[C@@H](OC(=O)c2ccc(Br)cc2)C[C@@](O)(CC=C(C)C)[C@@H]1O. The summed E-state index contributed by atoms with van der Waals surface area (Å²) in [7, 11) is 0. The van der Waals surface area contributed by atoms with Gasteiger partial charge in [0.2, 0.25) is 0 Å². The van der Waals surface area contributed by atoms with Crippen molar-refractivity contribution in [2.45, 2.75) is 51.4 Å². The Balaban J connectivity index is 2.31. The van der Waals surface area contributed by atoms with Gasteiger partial charge < -0.3 is 14.9 Å². The summed E-state index contributed by atoms with van der Waals surface area (Å²) in [6, 6.07) is 6.83. The van der Waals surface area contributed by atoms with Crippen molar-refractivity contribution in [3.63, 3.8) is 0 Å². The van der Waals surface area contributed by atoms with Gasteiger partial charge in [0, 0.05) is 16.5 Å². The molecule has 1 aliphatic carbocycles. The molecule has 0 amide bonds. The Hall–Kier alpha value is -2.13. The maximum atomic E-state index is 12.5. The van der Waals surface area contributed by atoms with Crippen LogP contribution in [0.4, 0.5) is 0 Å². The van der Waals surface area contributed by atoms with Crippen LogP contribution in [-0.4, -0.2) is 34.0 Å². The molecule has 1 aromatic carbocycles. The first kappa shape index (κ1) is 22.2. The second-order valence-electron chi connectivity index (χ2n) is 7.30. The summed E-state index contributed by atoms with van der Waals surface area (Å²) in [5, 5.41) is 21.8. The normalized spacial score (nSPS) is 23.7. The summed E-state index contributed by atoms with van der Waals surface area (Å²) in [6.45, 7) is 9.32. The Morgan fingerprint density at radius 3 is 2.57 bits per heavy atom. The van der Waals surface area contributed by atoms with E-state index in [1.165, 1.54) is 0 Å². The van der Waals surface area contributed by atoms with Crippen molar-refractivity contribution in [1.82, 2.24) is 0 Å². The number of rotatable bonds is 4. The van der Waals surface area contributed by atoms with E-state index in [0.29, 0.717) is 16.7 Å². The number of hydrogen-bond acceptors (Lipinski definition) is 4. The number of ether oxygens (including phenoxy) is 1. The molecule has 148 valence electrons. The Kier molecular flexibility index (Phi) is 7.42. The molecule has 28 heavy (non-hydrogen) atoms. The lowest BCUT2D eigenvalue weighted by Crippen LogP contribution is -2.49. The van der Waals surface area contributed by atoms with Gasteiger partial charge in [0.1, 0.15) is 17.8 Å². The number of halogens is 1. The summed E-state index contributed by atoms with van der Waals surface area (Å²) in [6.07, 6.45) is 1.90. The van der Waals surface area contributed by atoms with Gasteiger partial charge in [-0.05, 0) is 63.1 Å². The van der Waals surface area contributed by atoms with E-state index in [9.17, 15) is 15.0 Å². The van der Waals surface area contributed by atoms with Crippen LogP contribution in [0.15, 0.2) is 64.2 Å². The highest BCUT2D eigenvalue weighted by atomic mass is 79.9. The number of aliphatic hydroxyl groups is 2. The fourth-order valence-corrected chi connectivity index (χ4v) is 3.10. The van der Waals surface area contributed by atoms with E-state index in [1.54, 1.807) is 37.3 Å². The fraction of sp³-hybridized carbons (Fsp3) is 0.348. The van der Waals surface area contributed by atoms with E-state index in [1.807, 2.05) is 19.9 Å². The van der Waals surface area contributed by atoms with Gasteiger partial charge in [0.15, 0.2) is 0 Å². The Morgan fingerprint density at radius 1 is 1.36 bits per heavy atom. The lowest BCUT2D eigenvalue weighted by Gasteiger charge is -2.38. The third kappa shape index (κ3) is 5.93. The van der Waals surface area contributed by atoms with Gasteiger partial charge in [-0.3, -0.25) is 0 Å². The number of aliphatic hydroxyl groups excluding tert-OH is 1. The average Bonchev–Trinajstić information content (AvgIpc) is 2.62. The van der Waals surface area contributed by atoms with Crippen LogP contribution in [-0.2, 0) is 4.74 Å². The lowest BCUT2D eigenvalue weighted by atomic mass is 9.78. The van der Waals surface area contributed by atoms with E-state index in [-0.39, 0.29) is 12.8 Å². The summed E-state index contributed by atoms with van der Waals surface area (Å²) in [4.78, 5) is 12.5. The van der Waals surface area contributed by atoms with Gasteiger partial charge >= 0.3 is 5.97 Å². The molecule has 4 nitrogen and oxygen atoms in total. The van der Waals surface area contributed by atoms with Gasteiger partial charge in [-0.25, -0.2) is 4.79 Å². The third-order valence-corrected chi connectivity index (χ3v) is 4.87. The smallest absolute Gasteiger partial charge is 0.338 e. The van der Waals surface area contributed by atoms with Gasteiger partial charge in [-0.1, -0.05) is 46.0 Å². The Morgan fingerprint density at radius 2 is 2.00 bits per heavy atom. The van der Waals surface area contributed by atoms with Crippen molar-refractivity contribution in [1.29, 1.82) is 0 Å². The highest BCUT2D eigenvalue weighted by Crippen LogP contribution is 2.34. The standard InChI is InChI=1S/C23H25BrO4/c1-15(2)5-6-18-13-20(14-23(27,21(18)25)12-11-16(3)4)28-22(26)17-7-9-19(24)10-8-17/h7-11,13,20-21,25,27H,1,12,14H2,2-4H3/t20-,21-,23+/m1/s1. The molecule has 5 heteroatoms. The van der Waals surface area contributed by atoms with Crippen molar-refractivity contribution in [2.75, 3.05) is 0 Å². The van der Waals surface area contributed by atoms with Crippen LogP contribution in [0.25, 0.3) is 0 Å². The van der Waals surface area contributed by atoms with E-state index < -0.39 is 23.8 Å². The molecule has 2 rings (SSSR count). The van der Waals surface area contributed by atoms with E-state index in [0.717, 1.165) is 10.0 Å². The molecule has 0 aliphatic heterocycles. The van der Waals surface area contributed by atoms with Gasteiger partial charge in [-0.15, -0.1) is 0 Å². The molecule has 0 spiro atoms. The van der Waals surface area contributed by atoms with Crippen molar-refractivity contribution in [3.8, 4) is 11.8 Å². The largest absolute Gasteiger partial charge is 0.454 e. The van der Waals surface area contributed by atoms with Gasteiger partial charge in [-0.2, -0.15) is 0 Å². The van der Waals surface area contributed by atoms with Crippen molar-refractivity contribution in [2.24, 2.45) is 0 Å². The maximum absolute atomic E-state index is 12.5. The average molecular weight is 445 g/mol. The van der Waals surface area contributed by atoms with E-state index in [2.05, 4.69) is 34.3 Å². The molecule has 3 atom stereocenters. The van der Waals surface area contributed by atoms with Crippen LogP contribution in [0.5, 0.6) is 0 Å². The number of esters is 1. The minimum atomic E-state index is -1.48. The molecule has 0 radical (unpaired) electrons. The number of hydrogen-bond donors (Lipinski definition) is 2. The fourth-order valence-electron chi connectivity index (χ4n) is 2.83. The van der Waals surface area contributed by atoms with Crippen molar-refractivity contribution < 1.29 is 19.7 Å². The molecule has 0 saturated heterocycles. The lowest BCUT2D eigenvalue weighted by molar-refractivity contribution is -0.0862. The van der Waals surface area contributed by atoms with Gasteiger partial charge in [0.25, 0.3) is 0 Å². The molecule has 0 bridgehead atoms. The van der Waals surface area contributed by atoms with Crippen LogP contribution in [0.1, 0.15) is 44.0 Å². The predicted octanol–water partition coefficient (Wildman–Crippen LogP) is 4.33. The first-order valence-corrected chi connectivity index (χ1v) is 9.79. The van der Waals surface area contributed by atoms with Crippen LogP contribution >= 0.6 is 15.9 Å². The highest BCUT2D eigenvalue weighted by molar-refractivity contribution is 9.10.